The van der Waals surface area contributed by atoms with Crippen molar-refractivity contribution in [3.8, 4) is 6.07 Å². The van der Waals surface area contributed by atoms with Crippen molar-refractivity contribution in [1.82, 2.24) is 9.62 Å². The van der Waals surface area contributed by atoms with E-state index < -0.39 is 15.8 Å². The molecule has 1 atom stereocenters. The second kappa shape index (κ2) is 6.52. The van der Waals surface area contributed by atoms with Crippen LogP contribution in [0.15, 0.2) is 29.2 Å². The molecule has 0 amide bonds. The predicted molar refractivity (Wildman–Crippen MR) is 76.4 cm³/mol. The fourth-order valence-corrected chi connectivity index (χ4v) is 3.69. The summed E-state index contributed by atoms with van der Waals surface area (Å²) in [5, 5.41) is 8.88. The summed E-state index contributed by atoms with van der Waals surface area (Å²) in [7, 11) is -3.62. The second-order valence-corrected chi connectivity index (χ2v) is 6.90. The van der Waals surface area contributed by atoms with Gasteiger partial charge in [-0.25, -0.2) is 17.5 Å². The molecule has 0 spiro atoms. The number of piperidine rings is 1. The minimum Gasteiger partial charge on any atom is -0.288 e. The molecule has 0 aromatic heterocycles. The summed E-state index contributed by atoms with van der Waals surface area (Å²) in [4.78, 5) is 2.10. The second-order valence-electron chi connectivity index (χ2n) is 5.19. The summed E-state index contributed by atoms with van der Waals surface area (Å²) >= 11 is 0. The average Bonchev–Trinajstić information content (AvgIpc) is 2.47. The number of likely N-dealkylation sites (tertiary alicyclic amines) is 1. The molecule has 1 aromatic rings. The van der Waals surface area contributed by atoms with Gasteiger partial charge in [-0.2, -0.15) is 5.26 Å². The molecular weight excluding hydrogens is 293 g/mol. The van der Waals surface area contributed by atoms with E-state index in [1.807, 2.05) is 11.8 Å². The first-order valence-corrected chi connectivity index (χ1v) is 8.32. The van der Waals surface area contributed by atoms with Gasteiger partial charge in [0.05, 0.1) is 17.0 Å². The SMILES string of the molecule is C[C@@H](C#N)N1CCC(NS(=O)(=O)c2ccc(F)cc2)CC1. The topological polar surface area (TPSA) is 73.2 Å². The first kappa shape index (κ1) is 15.9. The van der Waals surface area contributed by atoms with E-state index in [9.17, 15) is 12.8 Å². The molecule has 0 bridgehead atoms. The van der Waals surface area contributed by atoms with Crippen LogP contribution in [0.2, 0.25) is 0 Å². The van der Waals surface area contributed by atoms with Gasteiger partial charge in [0, 0.05) is 19.1 Å². The first-order chi connectivity index (χ1) is 9.92. The molecule has 0 unspecified atom stereocenters. The molecule has 1 fully saturated rings. The van der Waals surface area contributed by atoms with Crippen molar-refractivity contribution in [1.29, 1.82) is 5.26 Å². The van der Waals surface area contributed by atoms with Crippen molar-refractivity contribution < 1.29 is 12.8 Å². The molecule has 1 saturated heterocycles. The minimum absolute atomic E-state index is 0.0664. The Morgan fingerprint density at radius 2 is 1.90 bits per heavy atom. The highest BCUT2D eigenvalue weighted by atomic mass is 32.2. The molecule has 0 aliphatic carbocycles. The number of hydrogen-bond acceptors (Lipinski definition) is 4. The van der Waals surface area contributed by atoms with Crippen molar-refractivity contribution >= 4 is 10.0 Å². The van der Waals surface area contributed by atoms with Crippen molar-refractivity contribution in [2.24, 2.45) is 0 Å². The van der Waals surface area contributed by atoms with E-state index in [0.29, 0.717) is 25.9 Å². The van der Waals surface area contributed by atoms with E-state index in [2.05, 4.69) is 10.8 Å². The van der Waals surface area contributed by atoms with Crippen LogP contribution in [-0.2, 0) is 10.0 Å². The minimum atomic E-state index is -3.62. The zero-order chi connectivity index (χ0) is 15.5. The number of nitrogens with one attached hydrogen (secondary N) is 1. The Morgan fingerprint density at radius 3 is 2.43 bits per heavy atom. The summed E-state index contributed by atoms with van der Waals surface area (Å²) in [6.07, 6.45) is 1.32. The maximum absolute atomic E-state index is 12.8. The van der Waals surface area contributed by atoms with Crippen LogP contribution >= 0.6 is 0 Å². The van der Waals surface area contributed by atoms with E-state index in [-0.39, 0.29) is 17.0 Å². The Kier molecular flexibility index (Phi) is 4.93. The van der Waals surface area contributed by atoms with Crippen molar-refractivity contribution in [2.45, 2.75) is 36.7 Å². The van der Waals surface area contributed by atoms with Crippen LogP contribution < -0.4 is 4.72 Å². The Balaban J connectivity index is 1.97. The zero-order valence-electron chi connectivity index (χ0n) is 11.8. The lowest BCUT2D eigenvalue weighted by Gasteiger charge is -2.33. The van der Waals surface area contributed by atoms with Gasteiger partial charge in [0.25, 0.3) is 0 Å². The fourth-order valence-electron chi connectivity index (χ4n) is 2.39. The van der Waals surface area contributed by atoms with Crippen LogP contribution in [-0.4, -0.2) is 38.5 Å². The van der Waals surface area contributed by atoms with Gasteiger partial charge < -0.3 is 0 Å². The largest absolute Gasteiger partial charge is 0.288 e. The van der Waals surface area contributed by atoms with Crippen LogP contribution in [0.5, 0.6) is 0 Å². The summed E-state index contributed by atoms with van der Waals surface area (Å²) in [6.45, 7) is 3.21. The lowest BCUT2D eigenvalue weighted by Crippen LogP contribution is -2.46. The molecule has 7 heteroatoms. The monoisotopic (exact) mass is 311 g/mol. The number of hydrogen-bond donors (Lipinski definition) is 1. The molecule has 114 valence electrons. The Bertz CT molecular complexity index is 617. The average molecular weight is 311 g/mol. The van der Waals surface area contributed by atoms with E-state index in [1.54, 1.807) is 0 Å². The lowest BCUT2D eigenvalue weighted by molar-refractivity contribution is 0.186. The number of halogens is 1. The quantitative estimate of drug-likeness (QED) is 0.914. The maximum Gasteiger partial charge on any atom is 0.240 e. The molecule has 1 aliphatic rings. The summed E-state index contributed by atoms with van der Waals surface area (Å²) in [5.74, 6) is -0.465. The van der Waals surface area contributed by atoms with Crippen LogP contribution in [0.3, 0.4) is 0 Å². The summed E-state index contributed by atoms with van der Waals surface area (Å²) in [6, 6.07) is 6.65. The molecule has 1 heterocycles. The molecule has 21 heavy (non-hydrogen) atoms. The van der Waals surface area contributed by atoms with Crippen LogP contribution in [0.1, 0.15) is 19.8 Å². The van der Waals surface area contributed by atoms with Gasteiger partial charge in [-0.1, -0.05) is 0 Å². The van der Waals surface area contributed by atoms with Crippen molar-refractivity contribution in [3.63, 3.8) is 0 Å². The van der Waals surface area contributed by atoms with E-state index in [1.165, 1.54) is 12.1 Å². The van der Waals surface area contributed by atoms with E-state index in [0.717, 1.165) is 12.1 Å². The van der Waals surface area contributed by atoms with Gasteiger partial charge in [-0.05, 0) is 44.0 Å². The number of sulfonamides is 1. The Morgan fingerprint density at radius 1 is 1.33 bits per heavy atom. The molecule has 5 nitrogen and oxygen atoms in total. The van der Waals surface area contributed by atoms with Gasteiger partial charge in [0.1, 0.15) is 5.82 Å². The molecule has 0 saturated carbocycles. The molecule has 1 aromatic carbocycles. The first-order valence-electron chi connectivity index (χ1n) is 6.84. The van der Waals surface area contributed by atoms with Crippen LogP contribution in [0.25, 0.3) is 0 Å². The van der Waals surface area contributed by atoms with Crippen LogP contribution in [0, 0.1) is 17.1 Å². The third-order valence-corrected chi connectivity index (χ3v) is 5.25. The summed E-state index contributed by atoms with van der Waals surface area (Å²) in [5.41, 5.74) is 0. The summed E-state index contributed by atoms with van der Waals surface area (Å²) < 4.78 is 39.9. The molecule has 0 radical (unpaired) electrons. The standard InChI is InChI=1S/C14H18FN3O2S/c1-11(10-16)18-8-6-13(7-9-18)17-21(19,20)14-4-2-12(15)3-5-14/h2-5,11,13,17H,6-9H2,1H3/t11-/m0/s1. The van der Waals surface area contributed by atoms with Gasteiger partial charge in [-0.3, -0.25) is 4.90 Å². The maximum atomic E-state index is 12.8. The third-order valence-electron chi connectivity index (χ3n) is 3.71. The third kappa shape index (κ3) is 4.00. The predicted octanol–water partition coefficient (Wildman–Crippen LogP) is 1.48. The van der Waals surface area contributed by atoms with E-state index in [4.69, 9.17) is 5.26 Å². The van der Waals surface area contributed by atoms with Gasteiger partial charge in [-0.15, -0.1) is 0 Å². The normalized spacial score (nSPS) is 19.1. The highest BCUT2D eigenvalue weighted by Gasteiger charge is 2.26. The molecule has 1 aliphatic heterocycles. The molecule has 1 N–H and O–H groups in total. The van der Waals surface area contributed by atoms with Crippen molar-refractivity contribution in [2.75, 3.05) is 13.1 Å². The number of nitrogens with zero attached hydrogens (tertiary/aromatic N) is 2. The van der Waals surface area contributed by atoms with E-state index >= 15 is 0 Å². The number of rotatable bonds is 4. The Hall–Kier alpha value is -1.49. The number of nitriles is 1. The molecule has 2 rings (SSSR count). The van der Waals surface area contributed by atoms with Gasteiger partial charge >= 0.3 is 0 Å². The highest BCUT2D eigenvalue weighted by Crippen LogP contribution is 2.16. The fraction of sp³-hybridized carbons (Fsp3) is 0.500. The smallest absolute Gasteiger partial charge is 0.240 e. The van der Waals surface area contributed by atoms with Gasteiger partial charge in [0.2, 0.25) is 10.0 Å². The Labute approximate surface area is 124 Å². The lowest BCUT2D eigenvalue weighted by atomic mass is 10.0. The molecular formula is C14H18FN3O2S. The zero-order valence-corrected chi connectivity index (χ0v) is 12.6. The van der Waals surface area contributed by atoms with Crippen molar-refractivity contribution in [3.05, 3.63) is 30.1 Å². The highest BCUT2D eigenvalue weighted by molar-refractivity contribution is 7.89. The number of benzene rings is 1. The van der Waals surface area contributed by atoms with Gasteiger partial charge in [0.15, 0.2) is 0 Å². The van der Waals surface area contributed by atoms with Crippen LogP contribution in [0.4, 0.5) is 4.39 Å².